The fraction of sp³-hybridized carbons (Fsp3) is 0.650. The number of carbonyl (C=O) groups is 2. The number of hydrogen-bond donors (Lipinski definition) is 0. The van der Waals surface area contributed by atoms with Crippen LogP contribution in [0.1, 0.15) is 31.2 Å². The van der Waals surface area contributed by atoms with E-state index in [9.17, 15) is 9.59 Å². The molecule has 0 aromatic carbocycles. The van der Waals surface area contributed by atoms with Gasteiger partial charge in [0.25, 0.3) is 5.91 Å². The van der Waals surface area contributed by atoms with Crippen molar-refractivity contribution in [3.8, 4) is 0 Å². The summed E-state index contributed by atoms with van der Waals surface area (Å²) in [4.78, 5) is 33.1. The lowest BCUT2D eigenvalue weighted by Crippen LogP contribution is -2.59. The van der Waals surface area contributed by atoms with Gasteiger partial charge in [-0.15, -0.1) is 0 Å². The predicted octanol–water partition coefficient (Wildman–Crippen LogP) is 1.02. The number of amides is 2. The van der Waals surface area contributed by atoms with E-state index in [4.69, 9.17) is 9.47 Å². The Balaban J connectivity index is 1.33. The average molecular weight is 373 g/mol. The van der Waals surface area contributed by atoms with Crippen molar-refractivity contribution in [3.05, 3.63) is 30.1 Å². The molecule has 3 aliphatic heterocycles. The van der Waals surface area contributed by atoms with Crippen molar-refractivity contribution in [3.63, 3.8) is 0 Å². The molecule has 1 atom stereocenters. The lowest BCUT2D eigenvalue weighted by molar-refractivity contribution is -0.165. The molecule has 0 saturated carbocycles. The molecule has 2 amide bonds. The highest BCUT2D eigenvalue weighted by Gasteiger charge is 2.42. The monoisotopic (exact) mass is 373 g/mol. The van der Waals surface area contributed by atoms with Crippen LogP contribution in [-0.4, -0.2) is 77.7 Å². The summed E-state index contributed by atoms with van der Waals surface area (Å²) in [5.74, 6) is 0.228. The summed E-state index contributed by atoms with van der Waals surface area (Å²) in [6.45, 7) is 3.81. The molecule has 7 heteroatoms. The molecule has 3 aliphatic rings. The molecule has 1 aromatic heterocycles. The quantitative estimate of drug-likeness (QED) is 0.791. The number of ether oxygens (including phenoxy) is 2. The minimum absolute atomic E-state index is 0.114. The van der Waals surface area contributed by atoms with Crippen LogP contribution in [0.25, 0.3) is 0 Å². The minimum atomic E-state index is -0.323. The minimum Gasteiger partial charge on any atom is -0.371 e. The summed E-state index contributed by atoms with van der Waals surface area (Å²) in [5, 5.41) is 0. The van der Waals surface area contributed by atoms with E-state index in [-0.39, 0.29) is 23.5 Å². The molecule has 7 nitrogen and oxygen atoms in total. The zero-order chi connectivity index (χ0) is 18.7. The van der Waals surface area contributed by atoms with Crippen LogP contribution in [0.3, 0.4) is 0 Å². The Morgan fingerprint density at radius 1 is 1.19 bits per heavy atom. The van der Waals surface area contributed by atoms with E-state index in [1.807, 2.05) is 21.9 Å². The number of aromatic nitrogens is 1. The fourth-order valence-corrected chi connectivity index (χ4v) is 4.26. The van der Waals surface area contributed by atoms with Gasteiger partial charge in [-0.25, -0.2) is 0 Å². The third-order valence-electron chi connectivity index (χ3n) is 5.87. The number of carbonyl (C=O) groups excluding carboxylic acids is 2. The maximum absolute atomic E-state index is 12.7. The van der Waals surface area contributed by atoms with Gasteiger partial charge in [-0.2, -0.15) is 0 Å². The number of rotatable bonds is 3. The summed E-state index contributed by atoms with van der Waals surface area (Å²) in [5.41, 5.74) is 0.607. The maximum Gasteiger partial charge on any atom is 0.251 e. The van der Waals surface area contributed by atoms with Crippen molar-refractivity contribution >= 4 is 11.8 Å². The fourth-order valence-electron chi connectivity index (χ4n) is 4.26. The van der Waals surface area contributed by atoms with E-state index in [0.717, 1.165) is 31.2 Å². The highest BCUT2D eigenvalue weighted by molar-refractivity contribution is 5.81. The Morgan fingerprint density at radius 2 is 2.04 bits per heavy atom. The van der Waals surface area contributed by atoms with E-state index in [2.05, 4.69) is 4.98 Å². The van der Waals surface area contributed by atoms with E-state index < -0.39 is 0 Å². The largest absolute Gasteiger partial charge is 0.371 e. The molecule has 1 unspecified atom stereocenters. The molecule has 0 aliphatic carbocycles. The Hall–Kier alpha value is -1.99. The van der Waals surface area contributed by atoms with Crippen molar-refractivity contribution in [2.45, 2.75) is 43.8 Å². The Morgan fingerprint density at radius 3 is 2.74 bits per heavy atom. The molecule has 0 N–H and O–H groups in total. The second-order valence-corrected chi connectivity index (χ2v) is 7.71. The number of piperidine rings is 1. The van der Waals surface area contributed by atoms with Gasteiger partial charge in [0.15, 0.2) is 0 Å². The van der Waals surface area contributed by atoms with Gasteiger partial charge in [0, 0.05) is 45.2 Å². The topological polar surface area (TPSA) is 72.0 Å². The van der Waals surface area contributed by atoms with Crippen LogP contribution in [0.15, 0.2) is 24.5 Å². The lowest BCUT2D eigenvalue weighted by atomic mass is 9.89. The first-order valence-electron chi connectivity index (χ1n) is 9.86. The molecular weight excluding hydrogens is 346 g/mol. The third-order valence-corrected chi connectivity index (χ3v) is 5.87. The molecule has 0 bridgehead atoms. The molecule has 4 rings (SSSR count). The van der Waals surface area contributed by atoms with Gasteiger partial charge in [-0.05, 0) is 37.3 Å². The first-order chi connectivity index (χ1) is 13.2. The van der Waals surface area contributed by atoms with Crippen molar-refractivity contribution in [2.75, 3.05) is 39.4 Å². The first kappa shape index (κ1) is 18.4. The molecule has 3 fully saturated rings. The normalized spacial score (nSPS) is 25.0. The summed E-state index contributed by atoms with van der Waals surface area (Å²) >= 11 is 0. The van der Waals surface area contributed by atoms with Gasteiger partial charge in [-0.3, -0.25) is 14.6 Å². The highest BCUT2D eigenvalue weighted by Crippen LogP contribution is 2.31. The Kier molecular flexibility index (Phi) is 5.41. The molecule has 0 radical (unpaired) electrons. The van der Waals surface area contributed by atoms with Crippen LogP contribution in [0, 0.1) is 0 Å². The molecule has 146 valence electrons. The summed E-state index contributed by atoms with van der Waals surface area (Å²) in [7, 11) is 0. The van der Waals surface area contributed by atoms with Gasteiger partial charge in [0.1, 0.15) is 6.10 Å². The maximum atomic E-state index is 12.7. The summed E-state index contributed by atoms with van der Waals surface area (Å²) < 4.78 is 11.6. The second kappa shape index (κ2) is 7.94. The van der Waals surface area contributed by atoms with Gasteiger partial charge in [0.05, 0.1) is 18.6 Å². The van der Waals surface area contributed by atoms with Crippen molar-refractivity contribution in [1.29, 1.82) is 0 Å². The zero-order valence-electron chi connectivity index (χ0n) is 15.6. The summed E-state index contributed by atoms with van der Waals surface area (Å²) in [6.07, 6.45) is 6.88. The van der Waals surface area contributed by atoms with Gasteiger partial charge < -0.3 is 19.3 Å². The second-order valence-electron chi connectivity index (χ2n) is 7.71. The molecule has 4 heterocycles. The molecule has 27 heavy (non-hydrogen) atoms. The SMILES string of the molecule is O=C(Cc1cccnc1)N1CCOC2(CCN(C(=O)C3CCCO3)CC2)C1. The molecule has 1 aromatic rings. The first-order valence-corrected chi connectivity index (χ1v) is 9.86. The average Bonchev–Trinajstić information content (AvgIpc) is 3.24. The smallest absolute Gasteiger partial charge is 0.251 e. The molecule has 3 saturated heterocycles. The van der Waals surface area contributed by atoms with Crippen LogP contribution < -0.4 is 0 Å². The van der Waals surface area contributed by atoms with Crippen LogP contribution in [-0.2, 0) is 25.5 Å². The van der Waals surface area contributed by atoms with E-state index in [1.54, 1.807) is 12.4 Å². The third kappa shape index (κ3) is 4.14. The zero-order valence-corrected chi connectivity index (χ0v) is 15.6. The standard InChI is InChI=1S/C20H27N3O4/c24-18(13-16-3-1-7-21-14-16)23-10-12-27-20(15-23)5-8-22(9-6-20)19(25)17-4-2-11-26-17/h1,3,7,14,17H,2,4-6,8-13,15H2. The molecule has 1 spiro atoms. The van der Waals surface area contributed by atoms with E-state index in [1.165, 1.54) is 0 Å². The van der Waals surface area contributed by atoms with Crippen molar-refractivity contribution in [1.82, 2.24) is 14.8 Å². The number of hydrogen-bond acceptors (Lipinski definition) is 5. The molecular formula is C20H27N3O4. The van der Waals surface area contributed by atoms with Crippen molar-refractivity contribution in [2.24, 2.45) is 0 Å². The predicted molar refractivity (Wildman–Crippen MR) is 98.0 cm³/mol. The summed E-state index contributed by atoms with van der Waals surface area (Å²) in [6, 6.07) is 3.78. The van der Waals surface area contributed by atoms with Crippen LogP contribution in [0.4, 0.5) is 0 Å². The number of morpholine rings is 1. The van der Waals surface area contributed by atoms with Gasteiger partial charge in [0.2, 0.25) is 5.91 Å². The Labute approximate surface area is 159 Å². The number of pyridine rings is 1. The number of nitrogens with zero attached hydrogens (tertiary/aromatic N) is 3. The van der Waals surface area contributed by atoms with E-state index >= 15 is 0 Å². The van der Waals surface area contributed by atoms with Crippen LogP contribution in [0.2, 0.25) is 0 Å². The van der Waals surface area contributed by atoms with Crippen molar-refractivity contribution < 1.29 is 19.1 Å². The number of likely N-dealkylation sites (tertiary alicyclic amines) is 1. The van der Waals surface area contributed by atoms with Gasteiger partial charge >= 0.3 is 0 Å². The highest BCUT2D eigenvalue weighted by atomic mass is 16.5. The van der Waals surface area contributed by atoms with Crippen LogP contribution >= 0.6 is 0 Å². The lowest BCUT2D eigenvalue weighted by Gasteiger charge is -2.47. The van der Waals surface area contributed by atoms with Crippen LogP contribution in [0.5, 0.6) is 0 Å². The van der Waals surface area contributed by atoms with Gasteiger partial charge in [-0.1, -0.05) is 6.07 Å². The van der Waals surface area contributed by atoms with E-state index in [0.29, 0.717) is 45.8 Å². The Bertz CT molecular complexity index is 667.